The number of nitrogens with one attached hydrogen (secondary N) is 2. The molecule has 0 saturated heterocycles. The summed E-state index contributed by atoms with van der Waals surface area (Å²) in [6, 6.07) is 4.11. The number of rotatable bonds is 7. The summed E-state index contributed by atoms with van der Waals surface area (Å²) in [7, 11) is 1.68. The molecule has 1 aromatic carbocycles. The van der Waals surface area contributed by atoms with Gasteiger partial charge >= 0.3 is 0 Å². The van der Waals surface area contributed by atoms with Gasteiger partial charge < -0.3 is 19.6 Å². The average molecular weight is 474 g/mol. The van der Waals surface area contributed by atoms with Crippen molar-refractivity contribution in [2.45, 2.75) is 60.9 Å². The zero-order valence-electron chi connectivity index (χ0n) is 21.3. The summed E-state index contributed by atoms with van der Waals surface area (Å²) in [6.45, 7) is 13.0. The largest absolute Gasteiger partial charge is 0.496 e. The average Bonchev–Trinajstić information content (AvgIpc) is 3.49. The molecule has 0 aliphatic rings. The Hall–Kier alpha value is -3.88. The van der Waals surface area contributed by atoms with Gasteiger partial charge in [0.15, 0.2) is 0 Å². The summed E-state index contributed by atoms with van der Waals surface area (Å²) in [5.74, 6) is 2.93. The molecule has 5 aromatic rings. The van der Waals surface area contributed by atoms with E-state index in [-0.39, 0.29) is 0 Å². The molecule has 0 atom stereocenters. The third kappa shape index (κ3) is 3.62. The van der Waals surface area contributed by atoms with Gasteiger partial charge in [0.05, 0.1) is 40.8 Å². The Morgan fingerprint density at radius 1 is 1.09 bits per heavy atom. The van der Waals surface area contributed by atoms with E-state index in [1.807, 2.05) is 26.8 Å². The summed E-state index contributed by atoms with van der Waals surface area (Å²) < 4.78 is 13.3. The molecule has 0 aliphatic carbocycles. The molecule has 0 unspecified atom stereocenters. The molecule has 182 valence electrons. The molecule has 0 spiro atoms. The minimum atomic E-state index is 0.684. The molecule has 35 heavy (non-hydrogen) atoms. The highest BCUT2D eigenvalue weighted by molar-refractivity contribution is 6.13. The molecule has 0 aliphatic heterocycles. The van der Waals surface area contributed by atoms with Crippen LogP contribution in [-0.4, -0.2) is 37.0 Å². The van der Waals surface area contributed by atoms with Gasteiger partial charge in [0, 0.05) is 23.0 Å². The Labute approximate surface area is 203 Å². The molecular weight excluding hydrogens is 442 g/mol. The Bertz CT molecular complexity index is 1540. The first kappa shape index (κ1) is 22.9. The van der Waals surface area contributed by atoms with Gasteiger partial charge in [-0.2, -0.15) is 5.10 Å². The third-order valence-corrected chi connectivity index (χ3v) is 6.53. The van der Waals surface area contributed by atoms with Crippen LogP contribution in [-0.2, 0) is 19.4 Å². The normalized spacial score (nSPS) is 11.6. The van der Waals surface area contributed by atoms with Crippen molar-refractivity contribution in [3.05, 3.63) is 40.8 Å². The van der Waals surface area contributed by atoms with E-state index in [1.165, 1.54) is 5.69 Å². The minimum Gasteiger partial charge on any atom is -0.496 e. The van der Waals surface area contributed by atoms with Crippen LogP contribution in [0.15, 0.2) is 16.7 Å². The number of anilines is 2. The molecule has 0 saturated carbocycles. The van der Waals surface area contributed by atoms with Gasteiger partial charge in [0.2, 0.25) is 0 Å². The second-order valence-corrected chi connectivity index (χ2v) is 8.68. The van der Waals surface area contributed by atoms with Gasteiger partial charge in [-0.25, -0.2) is 9.97 Å². The molecule has 2 N–H and O–H groups in total. The predicted octanol–water partition coefficient (Wildman–Crippen LogP) is 5.78. The number of aromatic nitrogens is 6. The smallest absolute Gasteiger partial charge is 0.144 e. The fraction of sp³-hybridized carbons (Fsp3) is 0.385. The second-order valence-electron chi connectivity index (χ2n) is 8.68. The lowest BCUT2D eigenvalue weighted by Crippen LogP contribution is -2.04. The summed E-state index contributed by atoms with van der Waals surface area (Å²) in [5, 5.41) is 14.5. The molecule has 0 amide bonds. The van der Waals surface area contributed by atoms with Crippen molar-refractivity contribution in [1.82, 2.24) is 29.9 Å². The van der Waals surface area contributed by atoms with Gasteiger partial charge in [-0.1, -0.05) is 19.0 Å². The van der Waals surface area contributed by atoms with E-state index in [1.54, 1.807) is 7.11 Å². The minimum absolute atomic E-state index is 0.684. The first-order valence-electron chi connectivity index (χ1n) is 12.1. The van der Waals surface area contributed by atoms with Crippen LogP contribution >= 0.6 is 0 Å². The Morgan fingerprint density at radius 3 is 2.51 bits per heavy atom. The van der Waals surface area contributed by atoms with Crippen molar-refractivity contribution in [2.75, 3.05) is 12.4 Å². The van der Waals surface area contributed by atoms with Crippen molar-refractivity contribution in [3.63, 3.8) is 0 Å². The van der Waals surface area contributed by atoms with Gasteiger partial charge in [-0.05, 0) is 52.7 Å². The molecule has 9 heteroatoms. The maximum absolute atomic E-state index is 5.82. The summed E-state index contributed by atoms with van der Waals surface area (Å²) in [4.78, 5) is 13.0. The highest BCUT2D eigenvalue weighted by Gasteiger charge is 2.22. The third-order valence-electron chi connectivity index (χ3n) is 6.53. The standard InChI is InChI=1S/C26H31N7O2/c1-8-18-24(20(9-2)33(10-3)31-18)30-26-23-16-12-21(34-7)17(22-13(4)32-35-14(22)5)11-19(16)29-25(23)27-15(6)28-26/h11-12H,8-10H2,1-7H3,(H2,27,28,29,30). The number of ether oxygens (including phenoxy) is 1. The number of aryl methyl sites for hydroxylation is 5. The lowest BCUT2D eigenvalue weighted by atomic mass is 10.0. The van der Waals surface area contributed by atoms with Crippen LogP contribution in [0.1, 0.15) is 49.4 Å². The van der Waals surface area contributed by atoms with E-state index >= 15 is 0 Å². The van der Waals surface area contributed by atoms with Crippen LogP contribution in [0.3, 0.4) is 0 Å². The van der Waals surface area contributed by atoms with Crippen molar-refractivity contribution < 1.29 is 9.26 Å². The summed E-state index contributed by atoms with van der Waals surface area (Å²) in [5.41, 5.74) is 7.63. The number of fused-ring (bicyclic) bond motifs is 3. The number of nitrogens with zero attached hydrogens (tertiary/aromatic N) is 5. The van der Waals surface area contributed by atoms with E-state index in [4.69, 9.17) is 24.3 Å². The maximum atomic E-state index is 5.82. The maximum Gasteiger partial charge on any atom is 0.144 e. The van der Waals surface area contributed by atoms with Crippen LogP contribution in [0.4, 0.5) is 11.5 Å². The first-order chi connectivity index (χ1) is 16.9. The van der Waals surface area contributed by atoms with Crippen LogP contribution < -0.4 is 10.1 Å². The highest BCUT2D eigenvalue weighted by atomic mass is 16.5. The molecule has 5 rings (SSSR count). The van der Waals surface area contributed by atoms with Gasteiger partial charge in [0.1, 0.15) is 28.8 Å². The van der Waals surface area contributed by atoms with Crippen LogP contribution in [0.25, 0.3) is 33.1 Å². The van der Waals surface area contributed by atoms with E-state index < -0.39 is 0 Å². The molecular formula is C26H31N7O2. The number of methoxy groups -OCH3 is 1. The number of benzene rings is 1. The van der Waals surface area contributed by atoms with Crippen molar-refractivity contribution in [1.29, 1.82) is 0 Å². The monoisotopic (exact) mass is 473 g/mol. The number of H-pyrrole nitrogens is 1. The molecule has 0 fully saturated rings. The Balaban J connectivity index is 1.75. The van der Waals surface area contributed by atoms with E-state index in [2.05, 4.69) is 47.0 Å². The lowest BCUT2D eigenvalue weighted by Gasteiger charge is -2.11. The quantitative estimate of drug-likeness (QED) is 0.308. The highest BCUT2D eigenvalue weighted by Crippen LogP contribution is 2.41. The van der Waals surface area contributed by atoms with E-state index in [0.29, 0.717) is 5.82 Å². The van der Waals surface area contributed by atoms with Crippen LogP contribution in [0.2, 0.25) is 0 Å². The van der Waals surface area contributed by atoms with Crippen LogP contribution in [0.5, 0.6) is 5.75 Å². The van der Waals surface area contributed by atoms with Crippen molar-refractivity contribution >= 4 is 33.4 Å². The summed E-state index contributed by atoms with van der Waals surface area (Å²) in [6.07, 6.45) is 1.71. The fourth-order valence-electron chi connectivity index (χ4n) is 4.94. The van der Waals surface area contributed by atoms with Gasteiger partial charge in [-0.3, -0.25) is 4.68 Å². The molecule has 9 nitrogen and oxygen atoms in total. The van der Waals surface area contributed by atoms with Crippen molar-refractivity contribution in [2.24, 2.45) is 0 Å². The number of hydrogen-bond acceptors (Lipinski definition) is 7. The SMILES string of the molecule is CCc1nn(CC)c(CC)c1Nc1nc(C)nc2[nH]c3cc(-c4c(C)noc4C)c(OC)cc3c12. The zero-order chi connectivity index (χ0) is 24.9. The first-order valence-corrected chi connectivity index (χ1v) is 12.1. The Kier molecular flexibility index (Phi) is 5.70. The van der Waals surface area contributed by atoms with Gasteiger partial charge in [-0.15, -0.1) is 0 Å². The number of hydrogen-bond donors (Lipinski definition) is 2. The fourth-order valence-corrected chi connectivity index (χ4v) is 4.94. The van der Waals surface area contributed by atoms with E-state index in [0.717, 1.165) is 86.9 Å². The molecule has 4 heterocycles. The van der Waals surface area contributed by atoms with Gasteiger partial charge in [0.25, 0.3) is 0 Å². The van der Waals surface area contributed by atoms with E-state index in [9.17, 15) is 0 Å². The Morgan fingerprint density at radius 2 is 1.89 bits per heavy atom. The summed E-state index contributed by atoms with van der Waals surface area (Å²) >= 11 is 0. The van der Waals surface area contributed by atoms with Crippen molar-refractivity contribution in [3.8, 4) is 16.9 Å². The predicted molar refractivity (Wildman–Crippen MR) is 138 cm³/mol. The second kappa shape index (κ2) is 8.72. The number of aromatic amines is 1. The topological polar surface area (TPSA) is 107 Å². The lowest BCUT2D eigenvalue weighted by molar-refractivity contribution is 0.393. The molecule has 0 bridgehead atoms. The zero-order valence-corrected chi connectivity index (χ0v) is 21.3. The van der Waals surface area contributed by atoms with Crippen LogP contribution in [0, 0.1) is 20.8 Å². The molecule has 4 aromatic heterocycles. The molecule has 0 radical (unpaired) electrons.